The third-order valence-corrected chi connectivity index (χ3v) is 9.49. The highest BCUT2D eigenvalue weighted by Crippen LogP contribution is 2.40. The molecule has 3 amide bonds. The monoisotopic (exact) mass is 587 g/mol. The summed E-state index contributed by atoms with van der Waals surface area (Å²) in [5.41, 5.74) is 0.853. The maximum Gasteiger partial charge on any atom is 0.242 e. The third-order valence-electron chi connectivity index (χ3n) is 8.10. The summed E-state index contributed by atoms with van der Waals surface area (Å²) in [4.78, 5) is 43.3. The summed E-state index contributed by atoms with van der Waals surface area (Å²) in [6, 6.07) is 5.35. The third kappa shape index (κ3) is 7.18. The van der Waals surface area contributed by atoms with E-state index in [-0.39, 0.29) is 30.3 Å². The molecule has 2 saturated heterocycles. The van der Waals surface area contributed by atoms with E-state index in [1.165, 1.54) is 0 Å². The second kappa shape index (κ2) is 12.1. The lowest BCUT2D eigenvalue weighted by atomic mass is 9.69. The Kier molecular flexibility index (Phi) is 9.24. The molecule has 13 heteroatoms. The molecule has 3 aliphatic rings. The van der Waals surface area contributed by atoms with E-state index in [9.17, 15) is 22.8 Å². The summed E-state index contributed by atoms with van der Waals surface area (Å²) in [5.74, 6) is -0.725. The second-order valence-corrected chi connectivity index (χ2v) is 13.1. The molecule has 0 spiro atoms. The number of fused-ring (bicyclic) bond motifs is 1. The van der Waals surface area contributed by atoms with Crippen molar-refractivity contribution in [3.05, 3.63) is 33.8 Å². The molecule has 3 atom stereocenters. The Hall–Kier alpha value is -1.92. The number of sulfonamides is 1. The number of benzene rings is 1. The standard InChI is InChI=1S/C25H35Cl2N5O5S/c1-30(12-16-2-4-20(26)21(27)10-16)23(33)13-32-15-29-22-5-3-18(11-19(22)25(32)35)17-6-8-31(9-7-17)24(34)14-38(28,36)37/h2,4,10,17-19,22,29H,3,5-9,11-15H2,1H3,(H2,28,36,37). The number of carbonyl (C=O) groups is 3. The zero-order valence-corrected chi connectivity index (χ0v) is 23.8. The number of halogens is 2. The molecule has 3 unspecified atom stereocenters. The minimum Gasteiger partial charge on any atom is -0.342 e. The van der Waals surface area contributed by atoms with E-state index < -0.39 is 21.7 Å². The van der Waals surface area contributed by atoms with Crippen LogP contribution in [0.5, 0.6) is 0 Å². The van der Waals surface area contributed by atoms with Gasteiger partial charge in [-0.25, -0.2) is 13.6 Å². The molecular formula is C25H35Cl2N5O5S. The summed E-state index contributed by atoms with van der Waals surface area (Å²) in [5, 5.41) is 9.36. The molecule has 2 aliphatic heterocycles. The lowest BCUT2D eigenvalue weighted by molar-refractivity contribution is -0.148. The van der Waals surface area contributed by atoms with Crippen LogP contribution >= 0.6 is 23.2 Å². The van der Waals surface area contributed by atoms with Crippen molar-refractivity contribution in [2.45, 2.75) is 44.7 Å². The van der Waals surface area contributed by atoms with Crippen LogP contribution in [0.4, 0.5) is 0 Å². The molecule has 38 heavy (non-hydrogen) atoms. The van der Waals surface area contributed by atoms with E-state index in [4.69, 9.17) is 28.3 Å². The quantitative estimate of drug-likeness (QED) is 0.498. The van der Waals surface area contributed by atoms with Crippen molar-refractivity contribution in [1.82, 2.24) is 20.0 Å². The summed E-state index contributed by atoms with van der Waals surface area (Å²) < 4.78 is 22.5. The van der Waals surface area contributed by atoms with E-state index in [1.54, 1.807) is 33.9 Å². The van der Waals surface area contributed by atoms with E-state index in [0.717, 1.165) is 37.7 Å². The molecule has 210 valence electrons. The van der Waals surface area contributed by atoms with Crippen molar-refractivity contribution in [3.63, 3.8) is 0 Å². The molecule has 1 saturated carbocycles. The SMILES string of the molecule is CN(Cc1ccc(Cl)c(Cl)c1)C(=O)CN1CNC2CCC(C3CCN(C(=O)CS(N)(=O)=O)CC3)CC2C1=O. The number of amides is 3. The number of hydrogen-bond donors (Lipinski definition) is 2. The minimum absolute atomic E-state index is 0.00208. The summed E-state index contributed by atoms with van der Waals surface area (Å²) in [6.45, 7) is 1.71. The number of carbonyl (C=O) groups excluding carboxylic acids is 3. The van der Waals surface area contributed by atoms with Crippen molar-refractivity contribution in [2.75, 3.05) is 39.1 Å². The van der Waals surface area contributed by atoms with Gasteiger partial charge in [0, 0.05) is 32.7 Å². The first-order valence-electron chi connectivity index (χ1n) is 12.9. The lowest BCUT2D eigenvalue weighted by Gasteiger charge is -2.46. The Labute approximate surface area is 233 Å². The fourth-order valence-electron chi connectivity index (χ4n) is 5.99. The Morgan fingerprint density at radius 1 is 1.11 bits per heavy atom. The van der Waals surface area contributed by atoms with Gasteiger partial charge in [0.15, 0.2) is 0 Å². The smallest absolute Gasteiger partial charge is 0.242 e. The van der Waals surface area contributed by atoms with Crippen molar-refractivity contribution in [2.24, 2.45) is 22.9 Å². The molecule has 0 bridgehead atoms. The number of likely N-dealkylation sites (N-methyl/N-ethyl adjacent to an activating group) is 1. The molecule has 1 aliphatic carbocycles. The van der Waals surface area contributed by atoms with Crippen molar-refractivity contribution in [1.29, 1.82) is 0 Å². The van der Waals surface area contributed by atoms with Crippen LogP contribution in [0.3, 0.4) is 0 Å². The first-order valence-corrected chi connectivity index (χ1v) is 15.4. The molecule has 0 aromatic heterocycles. The molecule has 10 nitrogen and oxygen atoms in total. The molecular weight excluding hydrogens is 553 g/mol. The lowest BCUT2D eigenvalue weighted by Crippen LogP contribution is -2.60. The maximum atomic E-state index is 13.4. The van der Waals surface area contributed by atoms with Crippen LogP contribution in [0.2, 0.25) is 10.0 Å². The van der Waals surface area contributed by atoms with Gasteiger partial charge in [-0.1, -0.05) is 29.3 Å². The molecule has 3 N–H and O–H groups in total. The highest BCUT2D eigenvalue weighted by atomic mass is 35.5. The van der Waals surface area contributed by atoms with Crippen LogP contribution in [0.25, 0.3) is 0 Å². The first-order chi connectivity index (χ1) is 17.9. The van der Waals surface area contributed by atoms with Crippen LogP contribution in [0.15, 0.2) is 18.2 Å². The maximum absolute atomic E-state index is 13.4. The van der Waals surface area contributed by atoms with Crippen molar-refractivity contribution in [3.8, 4) is 0 Å². The van der Waals surface area contributed by atoms with Gasteiger partial charge in [-0.05, 0) is 61.6 Å². The fraction of sp³-hybridized carbons (Fsp3) is 0.640. The summed E-state index contributed by atoms with van der Waals surface area (Å²) in [7, 11) is -2.14. The first kappa shape index (κ1) is 29.1. The normalized spacial score (nSPS) is 24.7. The summed E-state index contributed by atoms with van der Waals surface area (Å²) in [6.07, 6.45) is 4.20. The van der Waals surface area contributed by atoms with Gasteiger partial charge in [-0.15, -0.1) is 0 Å². The van der Waals surface area contributed by atoms with Gasteiger partial charge in [0.2, 0.25) is 27.7 Å². The fourth-order valence-corrected chi connectivity index (χ4v) is 6.84. The highest BCUT2D eigenvalue weighted by molar-refractivity contribution is 7.89. The van der Waals surface area contributed by atoms with Gasteiger partial charge < -0.3 is 14.7 Å². The van der Waals surface area contributed by atoms with Crippen molar-refractivity contribution < 1.29 is 22.8 Å². The molecule has 2 heterocycles. The number of likely N-dealkylation sites (tertiary alicyclic amines) is 1. The van der Waals surface area contributed by atoms with Crippen LogP contribution in [0, 0.1) is 17.8 Å². The average Bonchev–Trinajstić information content (AvgIpc) is 2.87. The van der Waals surface area contributed by atoms with Crippen molar-refractivity contribution >= 4 is 50.9 Å². The van der Waals surface area contributed by atoms with Crippen LogP contribution in [-0.2, 0) is 31.0 Å². The largest absolute Gasteiger partial charge is 0.342 e. The number of rotatable bonds is 7. The molecule has 4 rings (SSSR count). The number of primary sulfonamides is 1. The Morgan fingerprint density at radius 3 is 2.47 bits per heavy atom. The van der Waals surface area contributed by atoms with Gasteiger partial charge in [-0.3, -0.25) is 19.7 Å². The van der Waals surface area contributed by atoms with Gasteiger partial charge >= 0.3 is 0 Å². The Bertz CT molecular complexity index is 1170. The predicted molar refractivity (Wildman–Crippen MR) is 145 cm³/mol. The van der Waals surface area contributed by atoms with E-state index in [2.05, 4.69) is 5.32 Å². The highest BCUT2D eigenvalue weighted by Gasteiger charge is 2.43. The van der Waals surface area contributed by atoms with E-state index in [1.807, 2.05) is 6.07 Å². The minimum atomic E-state index is -3.84. The van der Waals surface area contributed by atoms with E-state index >= 15 is 0 Å². The number of nitrogens with one attached hydrogen (secondary N) is 1. The Morgan fingerprint density at radius 2 is 1.82 bits per heavy atom. The average molecular weight is 589 g/mol. The molecule has 1 aromatic carbocycles. The number of hydrogen-bond acceptors (Lipinski definition) is 6. The zero-order valence-electron chi connectivity index (χ0n) is 21.4. The second-order valence-electron chi connectivity index (χ2n) is 10.7. The van der Waals surface area contributed by atoms with Crippen LogP contribution in [0.1, 0.15) is 37.7 Å². The van der Waals surface area contributed by atoms with Crippen LogP contribution in [-0.4, -0.2) is 86.0 Å². The predicted octanol–water partition coefficient (Wildman–Crippen LogP) is 1.65. The molecule has 3 fully saturated rings. The topological polar surface area (TPSA) is 133 Å². The zero-order chi connectivity index (χ0) is 27.6. The van der Waals surface area contributed by atoms with E-state index in [0.29, 0.717) is 48.2 Å². The molecule has 0 radical (unpaired) electrons. The summed E-state index contributed by atoms with van der Waals surface area (Å²) >= 11 is 12.1. The number of nitrogens with two attached hydrogens (primary N) is 1. The Balaban J connectivity index is 1.29. The number of piperidine rings is 1. The molecule has 1 aromatic rings. The van der Waals surface area contributed by atoms with Gasteiger partial charge in [0.25, 0.3) is 0 Å². The number of nitrogens with zero attached hydrogens (tertiary/aromatic N) is 3. The van der Waals surface area contributed by atoms with Gasteiger partial charge in [0.1, 0.15) is 12.3 Å². The van der Waals surface area contributed by atoms with Gasteiger partial charge in [0.05, 0.1) is 22.6 Å². The van der Waals surface area contributed by atoms with Crippen LogP contribution < -0.4 is 10.5 Å². The van der Waals surface area contributed by atoms with Gasteiger partial charge in [-0.2, -0.15) is 0 Å².